The molecule has 1 fully saturated rings. The molecule has 0 unspecified atom stereocenters. The summed E-state index contributed by atoms with van der Waals surface area (Å²) in [7, 11) is 1.86. The third-order valence-corrected chi connectivity index (χ3v) is 6.35. The number of piperidine rings is 1. The quantitative estimate of drug-likeness (QED) is 0.411. The number of hydrogen-bond donors (Lipinski definition) is 0. The van der Waals surface area contributed by atoms with Gasteiger partial charge < -0.3 is 9.80 Å². The topological polar surface area (TPSA) is 49.3 Å². The van der Waals surface area contributed by atoms with E-state index in [1.807, 2.05) is 49.5 Å². The van der Waals surface area contributed by atoms with E-state index < -0.39 is 0 Å². The summed E-state index contributed by atoms with van der Waals surface area (Å²) < 4.78 is 0. The lowest BCUT2D eigenvalue weighted by molar-refractivity contribution is 0.0787. The maximum atomic E-state index is 13.5. The van der Waals surface area contributed by atoms with Gasteiger partial charge in [-0.05, 0) is 61.2 Å². The van der Waals surface area contributed by atoms with E-state index in [1.54, 1.807) is 17.3 Å². The number of pyridine rings is 2. The highest BCUT2D eigenvalue weighted by Gasteiger charge is 2.18. The first kappa shape index (κ1) is 21.1. The number of rotatable bonds is 5. The normalized spacial score (nSPS) is 13.8. The standard InChI is InChI=1S/C28H28N4O/c1-31(20-21-9-11-23(12-10-21)32-17-5-2-6-18-32)28(33)25-19-27(22-13-15-29-16-14-22)30-26-8-4-3-7-24(25)26/h3-4,7-16,19H,2,5-6,17-18,20H2,1H3. The van der Waals surface area contributed by atoms with E-state index in [9.17, 15) is 4.79 Å². The predicted molar refractivity (Wildman–Crippen MR) is 133 cm³/mol. The van der Waals surface area contributed by atoms with Crippen LogP contribution in [0.3, 0.4) is 0 Å². The molecule has 166 valence electrons. The van der Waals surface area contributed by atoms with Crippen molar-refractivity contribution in [3.05, 3.63) is 90.3 Å². The molecule has 1 aliphatic rings. The van der Waals surface area contributed by atoms with Crippen LogP contribution in [-0.4, -0.2) is 40.9 Å². The summed E-state index contributed by atoms with van der Waals surface area (Å²) in [5.74, 6) is -0.0102. The summed E-state index contributed by atoms with van der Waals surface area (Å²) >= 11 is 0. The highest BCUT2D eigenvalue weighted by Crippen LogP contribution is 2.26. The van der Waals surface area contributed by atoms with E-state index in [0.29, 0.717) is 12.1 Å². The van der Waals surface area contributed by atoms with Gasteiger partial charge in [0, 0.05) is 55.7 Å². The van der Waals surface area contributed by atoms with Crippen molar-refractivity contribution in [1.29, 1.82) is 0 Å². The van der Waals surface area contributed by atoms with Gasteiger partial charge in [-0.3, -0.25) is 9.78 Å². The Morgan fingerprint density at radius 1 is 0.939 bits per heavy atom. The molecule has 3 heterocycles. The maximum Gasteiger partial charge on any atom is 0.254 e. The first-order valence-corrected chi connectivity index (χ1v) is 11.6. The first-order chi connectivity index (χ1) is 16.2. The number of carbonyl (C=O) groups excluding carboxylic acids is 1. The van der Waals surface area contributed by atoms with Crippen LogP contribution in [0.5, 0.6) is 0 Å². The highest BCUT2D eigenvalue weighted by atomic mass is 16.2. The lowest BCUT2D eigenvalue weighted by Gasteiger charge is -2.29. The molecule has 2 aromatic carbocycles. The zero-order valence-corrected chi connectivity index (χ0v) is 18.9. The Morgan fingerprint density at radius 2 is 1.67 bits per heavy atom. The van der Waals surface area contributed by atoms with Crippen molar-refractivity contribution in [3.8, 4) is 11.3 Å². The Kier molecular flexibility index (Phi) is 6.03. The zero-order valence-electron chi connectivity index (χ0n) is 18.9. The van der Waals surface area contributed by atoms with Gasteiger partial charge in [0.25, 0.3) is 5.91 Å². The molecular weight excluding hydrogens is 408 g/mol. The predicted octanol–water partition coefficient (Wildman–Crippen LogP) is 5.56. The number of hydrogen-bond acceptors (Lipinski definition) is 4. The fraction of sp³-hybridized carbons (Fsp3) is 0.250. The van der Waals surface area contributed by atoms with Gasteiger partial charge in [0.15, 0.2) is 0 Å². The summed E-state index contributed by atoms with van der Waals surface area (Å²) in [6.07, 6.45) is 7.34. The van der Waals surface area contributed by atoms with E-state index in [2.05, 4.69) is 34.1 Å². The summed E-state index contributed by atoms with van der Waals surface area (Å²) in [5.41, 5.74) is 5.60. The Labute approximate surface area is 194 Å². The van der Waals surface area contributed by atoms with Crippen molar-refractivity contribution in [3.63, 3.8) is 0 Å². The minimum atomic E-state index is -0.0102. The Morgan fingerprint density at radius 3 is 2.42 bits per heavy atom. The number of anilines is 1. The Balaban J connectivity index is 1.40. The van der Waals surface area contributed by atoms with Crippen LogP contribution >= 0.6 is 0 Å². The molecule has 0 radical (unpaired) electrons. The second-order valence-electron chi connectivity index (χ2n) is 8.68. The Hall–Kier alpha value is -3.73. The minimum Gasteiger partial charge on any atom is -0.372 e. The average Bonchev–Trinajstić information content (AvgIpc) is 2.89. The molecule has 0 saturated carbocycles. The van der Waals surface area contributed by atoms with Crippen molar-refractivity contribution in [2.24, 2.45) is 0 Å². The monoisotopic (exact) mass is 436 g/mol. The van der Waals surface area contributed by atoms with Gasteiger partial charge in [0.2, 0.25) is 0 Å². The third-order valence-electron chi connectivity index (χ3n) is 6.35. The van der Waals surface area contributed by atoms with Crippen molar-refractivity contribution < 1.29 is 4.79 Å². The molecule has 0 N–H and O–H groups in total. The summed E-state index contributed by atoms with van der Waals surface area (Å²) in [6, 6.07) is 22.2. The molecule has 5 heteroatoms. The number of nitrogens with zero attached hydrogens (tertiary/aromatic N) is 4. The molecule has 5 rings (SSSR count). The number of aromatic nitrogens is 2. The van der Waals surface area contributed by atoms with Crippen molar-refractivity contribution in [2.45, 2.75) is 25.8 Å². The van der Waals surface area contributed by atoms with Crippen molar-refractivity contribution in [1.82, 2.24) is 14.9 Å². The van der Waals surface area contributed by atoms with Crippen LogP contribution in [-0.2, 0) is 6.54 Å². The zero-order chi connectivity index (χ0) is 22.6. The van der Waals surface area contributed by atoms with Crippen LogP contribution in [0.15, 0.2) is 79.1 Å². The summed E-state index contributed by atoms with van der Waals surface area (Å²) in [4.78, 5) is 26.7. The number of carbonyl (C=O) groups is 1. The molecule has 1 saturated heterocycles. The molecule has 33 heavy (non-hydrogen) atoms. The fourth-order valence-corrected chi connectivity index (χ4v) is 4.54. The minimum absolute atomic E-state index is 0.0102. The molecule has 5 nitrogen and oxygen atoms in total. The first-order valence-electron chi connectivity index (χ1n) is 11.6. The lowest BCUT2D eigenvalue weighted by atomic mass is 10.0. The van der Waals surface area contributed by atoms with Gasteiger partial charge in [-0.1, -0.05) is 30.3 Å². The second-order valence-corrected chi connectivity index (χ2v) is 8.68. The van der Waals surface area contributed by atoms with Crippen LogP contribution in [0, 0.1) is 0 Å². The summed E-state index contributed by atoms with van der Waals surface area (Å²) in [5, 5.41) is 0.868. The smallest absolute Gasteiger partial charge is 0.254 e. The van der Waals surface area contributed by atoms with E-state index in [0.717, 1.165) is 40.8 Å². The van der Waals surface area contributed by atoms with Crippen LogP contribution in [0.1, 0.15) is 35.2 Å². The van der Waals surface area contributed by atoms with E-state index >= 15 is 0 Å². The third kappa shape index (κ3) is 4.58. The molecule has 0 spiro atoms. The number of para-hydroxylation sites is 1. The largest absolute Gasteiger partial charge is 0.372 e. The van der Waals surface area contributed by atoms with E-state index in [4.69, 9.17) is 4.98 Å². The van der Waals surface area contributed by atoms with Gasteiger partial charge >= 0.3 is 0 Å². The average molecular weight is 437 g/mol. The number of amides is 1. The molecule has 0 aliphatic carbocycles. The van der Waals surface area contributed by atoms with Crippen molar-refractivity contribution in [2.75, 3.05) is 25.0 Å². The molecule has 2 aromatic heterocycles. The van der Waals surface area contributed by atoms with Gasteiger partial charge in [0.1, 0.15) is 0 Å². The molecule has 0 bridgehead atoms. The van der Waals surface area contributed by atoms with Crippen LogP contribution in [0.25, 0.3) is 22.2 Å². The molecule has 4 aromatic rings. The second kappa shape index (κ2) is 9.41. The number of fused-ring (bicyclic) bond motifs is 1. The van der Waals surface area contributed by atoms with Gasteiger partial charge in [0.05, 0.1) is 16.8 Å². The van der Waals surface area contributed by atoms with Gasteiger partial charge in [-0.25, -0.2) is 4.98 Å². The molecule has 1 amide bonds. The molecule has 0 atom stereocenters. The van der Waals surface area contributed by atoms with Crippen LogP contribution in [0.4, 0.5) is 5.69 Å². The highest BCUT2D eigenvalue weighted by molar-refractivity contribution is 6.07. The number of benzene rings is 2. The van der Waals surface area contributed by atoms with Gasteiger partial charge in [-0.15, -0.1) is 0 Å². The maximum absolute atomic E-state index is 13.5. The van der Waals surface area contributed by atoms with Crippen LogP contribution < -0.4 is 4.90 Å². The Bertz CT molecular complexity index is 1250. The SMILES string of the molecule is CN(Cc1ccc(N2CCCCC2)cc1)C(=O)c1cc(-c2ccncc2)nc2ccccc12. The van der Waals surface area contributed by atoms with E-state index in [-0.39, 0.29) is 5.91 Å². The van der Waals surface area contributed by atoms with Crippen molar-refractivity contribution >= 4 is 22.5 Å². The molecule has 1 aliphatic heterocycles. The summed E-state index contributed by atoms with van der Waals surface area (Å²) in [6.45, 7) is 2.82. The lowest BCUT2D eigenvalue weighted by Crippen LogP contribution is -2.29. The van der Waals surface area contributed by atoms with Gasteiger partial charge in [-0.2, -0.15) is 0 Å². The van der Waals surface area contributed by atoms with Crippen LogP contribution in [0.2, 0.25) is 0 Å². The fourth-order valence-electron chi connectivity index (χ4n) is 4.54. The van der Waals surface area contributed by atoms with E-state index in [1.165, 1.54) is 24.9 Å². The molecular formula is C28H28N4O.